The van der Waals surface area contributed by atoms with Crippen LogP contribution in [0.15, 0.2) is 18.2 Å². The minimum Gasteiger partial charge on any atom is -0.377 e. The Kier molecular flexibility index (Phi) is 4.16. The van der Waals surface area contributed by atoms with Gasteiger partial charge in [-0.3, -0.25) is 0 Å². The van der Waals surface area contributed by atoms with E-state index in [0.29, 0.717) is 12.2 Å². The number of rotatable bonds is 3. The van der Waals surface area contributed by atoms with Gasteiger partial charge in [-0.2, -0.15) is 5.26 Å². The maximum absolute atomic E-state index is 13.1. The second-order valence-electron chi connectivity index (χ2n) is 4.44. The summed E-state index contributed by atoms with van der Waals surface area (Å²) in [5, 5.41) is 9.07. The number of halogens is 1. The molecule has 0 saturated carbocycles. The lowest BCUT2D eigenvalue weighted by molar-refractivity contribution is 0.0526. The Morgan fingerprint density at radius 2 is 2.39 bits per heavy atom. The minimum absolute atomic E-state index is 0.209. The van der Waals surface area contributed by atoms with E-state index in [4.69, 9.17) is 10.00 Å². The number of nitriles is 1. The number of hydrogen-bond donors (Lipinski definition) is 0. The quantitative estimate of drug-likeness (QED) is 0.825. The molecule has 1 unspecified atom stereocenters. The van der Waals surface area contributed by atoms with Gasteiger partial charge in [0, 0.05) is 19.7 Å². The molecule has 4 heteroatoms. The van der Waals surface area contributed by atoms with Gasteiger partial charge in [0.15, 0.2) is 0 Å². The number of piperidine rings is 1. The molecule has 1 aromatic rings. The Morgan fingerprint density at radius 3 is 3.11 bits per heavy atom. The van der Waals surface area contributed by atoms with Crippen LogP contribution in [-0.4, -0.2) is 25.8 Å². The molecule has 1 heterocycles. The van der Waals surface area contributed by atoms with Gasteiger partial charge in [0.2, 0.25) is 0 Å². The zero-order valence-electron chi connectivity index (χ0n) is 10.5. The molecule has 96 valence electrons. The van der Waals surface area contributed by atoms with E-state index >= 15 is 0 Å². The zero-order chi connectivity index (χ0) is 13.0. The lowest BCUT2D eigenvalue weighted by Crippen LogP contribution is -2.40. The van der Waals surface area contributed by atoms with Crippen LogP contribution < -0.4 is 4.90 Å². The first-order chi connectivity index (χ1) is 8.74. The lowest BCUT2D eigenvalue weighted by Gasteiger charge is -2.34. The molecule has 1 atom stereocenters. The predicted octanol–water partition coefficient (Wildman–Crippen LogP) is 2.70. The molecule has 1 fully saturated rings. The molecule has 3 nitrogen and oxygen atoms in total. The lowest BCUT2D eigenvalue weighted by atomic mass is 10.1. The van der Waals surface area contributed by atoms with Gasteiger partial charge in [-0.15, -0.1) is 0 Å². The highest BCUT2D eigenvalue weighted by molar-refractivity contribution is 5.59. The Hall–Kier alpha value is -1.60. The summed E-state index contributed by atoms with van der Waals surface area (Å²) < 4.78 is 18.7. The van der Waals surface area contributed by atoms with Crippen molar-refractivity contribution in [3.05, 3.63) is 29.6 Å². The van der Waals surface area contributed by atoms with Crippen molar-refractivity contribution in [3.63, 3.8) is 0 Å². The average Bonchev–Trinajstić information content (AvgIpc) is 2.39. The van der Waals surface area contributed by atoms with Gasteiger partial charge in [0.05, 0.1) is 17.4 Å². The van der Waals surface area contributed by atoms with Gasteiger partial charge in [0.25, 0.3) is 0 Å². The van der Waals surface area contributed by atoms with E-state index in [1.807, 2.05) is 6.92 Å². The third-order valence-electron chi connectivity index (χ3n) is 3.20. The number of benzene rings is 1. The van der Waals surface area contributed by atoms with Crippen molar-refractivity contribution in [3.8, 4) is 6.07 Å². The third kappa shape index (κ3) is 2.80. The van der Waals surface area contributed by atoms with Gasteiger partial charge >= 0.3 is 0 Å². The molecule has 0 N–H and O–H groups in total. The summed E-state index contributed by atoms with van der Waals surface area (Å²) in [6.45, 7) is 4.35. The first-order valence-electron chi connectivity index (χ1n) is 6.30. The molecule has 2 rings (SSSR count). The molecule has 1 saturated heterocycles. The van der Waals surface area contributed by atoms with Crippen molar-refractivity contribution in [2.24, 2.45) is 0 Å². The molecule has 0 bridgehead atoms. The minimum atomic E-state index is -0.367. The molecular formula is C14H17FN2O. The smallest absolute Gasteiger partial charge is 0.124 e. The summed E-state index contributed by atoms with van der Waals surface area (Å²) in [5.41, 5.74) is 1.20. The fourth-order valence-electron chi connectivity index (χ4n) is 2.40. The summed E-state index contributed by atoms with van der Waals surface area (Å²) in [6.07, 6.45) is 2.29. The van der Waals surface area contributed by atoms with Crippen molar-refractivity contribution in [2.45, 2.75) is 25.9 Å². The van der Waals surface area contributed by atoms with Crippen LogP contribution in [0.2, 0.25) is 0 Å². The summed E-state index contributed by atoms with van der Waals surface area (Å²) >= 11 is 0. The second-order valence-corrected chi connectivity index (χ2v) is 4.44. The standard InChI is InChI=1S/C14H17FN2O/c1-2-18-13-4-3-7-17(10-13)14-6-5-12(15)8-11(14)9-16/h5-6,8,13H,2-4,7,10H2,1H3. The number of hydrogen-bond acceptors (Lipinski definition) is 3. The monoisotopic (exact) mass is 248 g/mol. The SMILES string of the molecule is CCOC1CCCN(c2ccc(F)cc2C#N)C1. The molecule has 0 radical (unpaired) electrons. The third-order valence-corrected chi connectivity index (χ3v) is 3.20. The van der Waals surface area contributed by atoms with Crippen LogP contribution in [-0.2, 0) is 4.74 Å². The molecule has 1 aliphatic rings. The molecule has 1 aliphatic heterocycles. The largest absolute Gasteiger partial charge is 0.377 e. The van der Waals surface area contributed by atoms with E-state index in [9.17, 15) is 4.39 Å². The number of nitrogens with zero attached hydrogens (tertiary/aromatic N) is 2. The van der Waals surface area contributed by atoms with Crippen molar-refractivity contribution < 1.29 is 9.13 Å². The fourth-order valence-corrected chi connectivity index (χ4v) is 2.40. The molecular weight excluding hydrogens is 231 g/mol. The average molecular weight is 248 g/mol. The maximum Gasteiger partial charge on any atom is 0.124 e. The molecule has 0 amide bonds. The van der Waals surface area contributed by atoms with Gasteiger partial charge in [-0.05, 0) is 38.0 Å². The van der Waals surface area contributed by atoms with Crippen LogP contribution in [0, 0.1) is 17.1 Å². The predicted molar refractivity (Wildman–Crippen MR) is 68.0 cm³/mol. The van der Waals surface area contributed by atoms with Crippen molar-refractivity contribution in [2.75, 3.05) is 24.6 Å². The Morgan fingerprint density at radius 1 is 1.56 bits per heavy atom. The van der Waals surface area contributed by atoms with Crippen molar-refractivity contribution >= 4 is 5.69 Å². The van der Waals surface area contributed by atoms with E-state index in [-0.39, 0.29) is 11.9 Å². The highest BCUT2D eigenvalue weighted by Gasteiger charge is 2.22. The molecule has 1 aromatic carbocycles. The molecule has 0 aliphatic carbocycles. The van der Waals surface area contributed by atoms with E-state index in [1.54, 1.807) is 6.07 Å². The number of ether oxygens (including phenoxy) is 1. The Balaban J connectivity index is 2.18. The molecule has 0 spiro atoms. The van der Waals surface area contributed by atoms with Crippen LogP contribution in [0.1, 0.15) is 25.3 Å². The summed E-state index contributed by atoms with van der Waals surface area (Å²) in [7, 11) is 0. The van der Waals surface area contributed by atoms with Crippen molar-refractivity contribution in [1.29, 1.82) is 5.26 Å². The highest BCUT2D eigenvalue weighted by Crippen LogP contribution is 2.25. The van der Waals surface area contributed by atoms with Crippen molar-refractivity contribution in [1.82, 2.24) is 0 Å². The van der Waals surface area contributed by atoms with Gasteiger partial charge in [-0.25, -0.2) is 4.39 Å². The van der Waals surface area contributed by atoms with Crippen LogP contribution in [0.5, 0.6) is 0 Å². The first kappa shape index (κ1) is 12.8. The summed E-state index contributed by atoms with van der Waals surface area (Å²) in [4.78, 5) is 2.11. The normalized spacial score (nSPS) is 19.6. The van der Waals surface area contributed by atoms with Gasteiger partial charge < -0.3 is 9.64 Å². The summed E-state index contributed by atoms with van der Waals surface area (Å²) in [5.74, 6) is -0.367. The van der Waals surface area contributed by atoms with E-state index in [2.05, 4.69) is 11.0 Å². The first-order valence-corrected chi connectivity index (χ1v) is 6.30. The number of anilines is 1. The van der Waals surface area contributed by atoms with Crippen LogP contribution in [0.25, 0.3) is 0 Å². The van der Waals surface area contributed by atoms with Crippen LogP contribution in [0.4, 0.5) is 10.1 Å². The zero-order valence-corrected chi connectivity index (χ0v) is 10.5. The van der Waals surface area contributed by atoms with Crippen LogP contribution >= 0.6 is 0 Å². The second kappa shape index (κ2) is 5.83. The Labute approximate surface area is 107 Å². The van der Waals surface area contributed by atoms with Gasteiger partial charge in [0.1, 0.15) is 11.9 Å². The highest BCUT2D eigenvalue weighted by atomic mass is 19.1. The molecule has 0 aromatic heterocycles. The molecule has 18 heavy (non-hydrogen) atoms. The van der Waals surface area contributed by atoms with E-state index in [1.165, 1.54) is 12.1 Å². The van der Waals surface area contributed by atoms with E-state index < -0.39 is 0 Å². The van der Waals surface area contributed by atoms with Gasteiger partial charge in [-0.1, -0.05) is 0 Å². The maximum atomic E-state index is 13.1. The topological polar surface area (TPSA) is 36.3 Å². The van der Waals surface area contributed by atoms with Crippen LogP contribution in [0.3, 0.4) is 0 Å². The summed E-state index contributed by atoms with van der Waals surface area (Å²) in [6, 6.07) is 6.44. The fraction of sp³-hybridized carbons (Fsp3) is 0.500. The van der Waals surface area contributed by atoms with E-state index in [0.717, 1.165) is 31.6 Å². The Bertz CT molecular complexity index is 454.